The van der Waals surface area contributed by atoms with Gasteiger partial charge in [0, 0.05) is 58.0 Å². The summed E-state index contributed by atoms with van der Waals surface area (Å²) in [4.78, 5) is 17.5. The Morgan fingerprint density at radius 3 is 2.45 bits per heavy atom. The van der Waals surface area contributed by atoms with E-state index in [-0.39, 0.29) is 10.8 Å². The van der Waals surface area contributed by atoms with Crippen LogP contribution in [0, 0.1) is 6.92 Å². The number of sulfonamides is 1. The van der Waals surface area contributed by atoms with Crippen LogP contribution in [0.4, 0.5) is 0 Å². The summed E-state index contributed by atoms with van der Waals surface area (Å²) in [7, 11) is -3.59. The van der Waals surface area contributed by atoms with Crippen LogP contribution in [0.3, 0.4) is 0 Å². The number of piperazine rings is 1. The van der Waals surface area contributed by atoms with E-state index in [1.807, 2.05) is 25.7 Å². The summed E-state index contributed by atoms with van der Waals surface area (Å²) in [6.45, 7) is 11.0. The number of carbonyl (C=O) groups excluding carboxylic acids is 1. The van der Waals surface area contributed by atoms with Crippen molar-refractivity contribution in [3.05, 3.63) is 29.3 Å². The zero-order valence-corrected chi connectivity index (χ0v) is 18.6. The standard InChI is InChI=1S/C21H33N3O4S/c1-4-24(5-2)29(26,27)19-9-8-17(3)20(15-19)21(25)23-12-10-22(11-13-23)16-18-7-6-14-28-18/h8-9,15,18H,4-7,10-14,16H2,1-3H3. The lowest BCUT2D eigenvalue weighted by Gasteiger charge is -2.36. The number of ether oxygens (including phenoxy) is 1. The Morgan fingerprint density at radius 2 is 1.86 bits per heavy atom. The lowest BCUT2D eigenvalue weighted by Crippen LogP contribution is -2.50. The van der Waals surface area contributed by atoms with Gasteiger partial charge in [-0.25, -0.2) is 8.42 Å². The summed E-state index contributed by atoms with van der Waals surface area (Å²) in [6, 6.07) is 4.88. The Labute approximate surface area is 174 Å². The molecule has 2 fully saturated rings. The quantitative estimate of drug-likeness (QED) is 0.671. The molecule has 0 N–H and O–H groups in total. The molecule has 0 saturated carbocycles. The number of carbonyl (C=O) groups is 1. The largest absolute Gasteiger partial charge is 0.377 e. The highest BCUT2D eigenvalue weighted by atomic mass is 32.2. The molecule has 1 unspecified atom stereocenters. The Morgan fingerprint density at radius 1 is 1.17 bits per heavy atom. The fourth-order valence-corrected chi connectivity index (χ4v) is 5.57. The number of rotatable bonds is 7. The van der Waals surface area contributed by atoms with Crippen molar-refractivity contribution in [1.29, 1.82) is 0 Å². The molecule has 1 aromatic carbocycles. The highest BCUT2D eigenvalue weighted by Gasteiger charge is 2.28. The van der Waals surface area contributed by atoms with E-state index in [9.17, 15) is 13.2 Å². The van der Waals surface area contributed by atoms with Crippen molar-refractivity contribution in [2.24, 2.45) is 0 Å². The molecular formula is C21H33N3O4S. The van der Waals surface area contributed by atoms with Crippen LogP contribution in [0.5, 0.6) is 0 Å². The maximum absolute atomic E-state index is 13.1. The Kier molecular flexibility index (Phi) is 7.32. The van der Waals surface area contributed by atoms with Gasteiger partial charge in [0.1, 0.15) is 0 Å². The predicted octanol–water partition coefficient (Wildman–Crippen LogP) is 1.96. The van der Waals surface area contributed by atoms with Gasteiger partial charge >= 0.3 is 0 Å². The third-order valence-electron chi connectivity index (χ3n) is 5.93. The van der Waals surface area contributed by atoms with Crippen molar-refractivity contribution in [2.75, 3.05) is 52.4 Å². The SMILES string of the molecule is CCN(CC)S(=O)(=O)c1ccc(C)c(C(=O)N2CCN(CC3CCCO3)CC2)c1. The second-order valence-corrected chi connectivity index (χ2v) is 9.73. The summed E-state index contributed by atoms with van der Waals surface area (Å²) < 4.78 is 32.8. The van der Waals surface area contributed by atoms with Gasteiger partial charge in [-0.05, 0) is 37.5 Å². The zero-order valence-electron chi connectivity index (χ0n) is 17.8. The molecule has 1 atom stereocenters. The Balaban J connectivity index is 1.69. The molecule has 1 aromatic rings. The van der Waals surface area contributed by atoms with Gasteiger partial charge in [0.25, 0.3) is 5.91 Å². The number of benzene rings is 1. The summed E-state index contributed by atoms with van der Waals surface area (Å²) in [5, 5.41) is 0. The molecule has 0 aliphatic carbocycles. The lowest BCUT2D eigenvalue weighted by molar-refractivity contribution is 0.0432. The van der Waals surface area contributed by atoms with Crippen LogP contribution in [0.15, 0.2) is 23.1 Å². The van der Waals surface area contributed by atoms with Crippen LogP contribution in [0.2, 0.25) is 0 Å². The van der Waals surface area contributed by atoms with E-state index in [1.54, 1.807) is 18.2 Å². The number of hydrogen-bond acceptors (Lipinski definition) is 5. The molecule has 0 aromatic heterocycles. The molecule has 2 saturated heterocycles. The lowest BCUT2D eigenvalue weighted by atomic mass is 10.1. The minimum Gasteiger partial charge on any atom is -0.377 e. The molecule has 3 rings (SSSR count). The Bertz CT molecular complexity index is 809. The van der Waals surface area contributed by atoms with Gasteiger partial charge in [-0.3, -0.25) is 9.69 Å². The Hall–Kier alpha value is -1.48. The number of nitrogens with zero attached hydrogens (tertiary/aromatic N) is 3. The van der Waals surface area contributed by atoms with Gasteiger partial charge in [-0.1, -0.05) is 19.9 Å². The monoisotopic (exact) mass is 423 g/mol. The molecule has 2 heterocycles. The first-order valence-corrected chi connectivity index (χ1v) is 12.0. The number of amides is 1. The highest BCUT2D eigenvalue weighted by molar-refractivity contribution is 7.89. The van der Waals surface area contributed by atoms with E-state index in [4.69, 9.17) is 4.74 Å². The average Bonchev–Trinajstić information content (AvgIpc) is 3.22. The van der Waals surface area contributed by atoms with Gasteiger partial charge in [0.2, 0.25) is 10.0 Å². The topological polar surface area (TPSA) is 70.2 Å². The summed E-state index contributed by atoms with van der Waals surface area (Å²) >= 11 is 0. The molecule has 1 amide bonds. The second-order valence-electron chi connectivity index (χ2n) is 7.79. The van der Waals surface area contributed by atoms with Gasteiger partial charge in [-0.2, -0.15) is 4.31 Å². The predicted molar refractivity (Wildman–Crippen MR) is 113 cm³/mol. The molecule has 0 bridgehead atoms. The molecule has 162 valence electrons. The molecule has 8 heteroatoms. The normalized spacial score (nSPS) is 21.1. The van der Waals surface area contributed by atoms with Crippen molar-refractivity contribution >= 4 is 15.9 Å². The first kappa shape index (κ1) is 22.2. The smallest absolute Gasteiger partial charge is 0.254 e. The summed E-state index contributed by atoms with van der Waals surface area (Å²) in [5.41, 5.74) is 1.28. The van der Waals surface area contributed by atoms with Crippen molar-refractivity contribution in [2.45, 2.75) is 44.6 Å². The van der Waals surface area contributed by atoms with Crippen LogP contribution < -0.4 is 0 Å². The molecular weight excluding hydrogens is 390 g/mol. The van der Waals surface area contributed by atoms with Gasteiger partial charge < -0.3 is 9.64 Å². The van der Waals surface area contributed by atoms with E-state index in [0.717, 1.165) is 44.6 Å². The minimum absolute atomic E-state index is 0.0872. The van der Waals surface area contributed by atoms with Crippen molar-refractivity contribution in [1.82, 2.24) is 14.1 Å². The van der Waals surface area contributed by atoms with Crippen molar-refractivity contribution in [3.63, 3.8) is 0 Å². The van der Waals surface area contributed by atoms with Crippen LogP contribution in [-0.2, 0) is 14.8 Å². The second kappa shape index (κ2) is 9.55. The van der Waals surface area contributed by atoms with Crippen LogP contribution in [0.25, 0.3) is 0 Å². The minimum atomic E-state index is -3.59. The van der Waals surface area contributed by atoms with E-state index >= 15 is 0 Å². The first-order valence-electron chi connectivity index (χ1n) is 10.6. The molecule has 2 aliphatic rings. The van der Waals surface area contributed by atoms with Crippen LogP contribution in [0.1, 0.15) is 42.6 Å². The number of hydrogen-bond donors (Lipinski definition) is 0. The van der Waals surface area contributed by atoms with E-state index in [2.05, 4.69) is 4.90 Å². The van der Waals surface area contributed by atoms with Gasteiger partial charge in [0.15, 0.2) is 0 Å². The molecule has 0 radical (unpaired) electrons. The van der Waals surface area contributed by atoms with Gasteiger partial charge in [-0.15, -0.1) is 0 Å². The summed E-state index contributed by atoms with van der Waals surface area (Å²) in [5.74, 6) is -0.0872. The molecule has 7 nitrogen and oxygen atoms in total. The van der Waals surface area contributed by atoms with Crippen LogP contribution in [-0.4, -0.2) is 87.0 Å². The molecule has 2 aliphatic heterocycles. The van der Waals surface area contributed by atoms with Crippen molar-refractivity contribution in [3.8, 4) is 0 Å². The maximum atomic E-state index is 13.1. The third kappa shape index (κ3) is 4.99. The van der Waals surface area contributed by atoms with Gasteiger partial charge in [0.05, 0.1) is 11.0 Å². The summed E-state index contributed by atoms with van der Waals surface area (Å²) in [6.07, 6.45) is 2.57. The first-order chi connectivity index (χ1) is 13.9. The van der Waals surface area contributed by atoms with E-state index < -0.39 is 10.0 Å². The van der Waals surface area contributed by atoms with Crippen LogP contribution >= 0.6 is 0 Å². The zero-order chi connectivity index (χ0) is 21.0. The molecule has 29 heavy (non-hydrogen) atoms. The number of aryl methyl sites for hydroxylation is 1. The van der Waals surface area contributed by atoms with E-state index in [0.29, 0.717) is 37.8 Å². The van der Waals surface area contributed by atoms with Crippen molar-refractivity contribution < 1.29 is 17.9 Å². The fourth-order valence-electron chi connectivity index (χ4n) is 4.08. The van der Waals surface area contributed by atoms with E-state index in [1.165, 1.54) is 4.31 Å². The maximum Gasteiger partial charge on any atom is 0.254 e. The average molecular weight is 424 g/mol. The third-order valence-corrected chi connectivity index (χ3v) is 7.97. The molecule has 0 spiro atoms. The highest BCUT2D eigenvalue weighted by Crippen LogP contribution is 2.22. The fraction of sp³-hybridized carbons (Fsp3) is 0.667.